The van der Waals surface area contributed by atoms with Gasteiger partial charge in [-0.3, -0.25) is 14.7 Å². The number of carbonyl (C=O) groups excluding carboxylic acids is 1. The van der Waals surface area contributed by atoms with E-state index in [1.165, 1.54) is 0 Å². The van der Waals surface area contributed by atoms with Gasteiger partial charge in [0.15, 0.2) is 0 Å². The van der Waals surface area contributed by atoms with Crippen LogP contribution in [-0.4, -0.2) is 60.1 Å². The molecule has 0 N–H and O–H groups in total. The van der Waals surface area contributed by atoms with Crippen molar-refractivity contribution in [1.82, 2.24) is 14.8 Å². The fourth-order valence-electron chi connectivity index (χ4n) is 4.33. The number of aromatic nitrogens is 1. The van der Waals surface area contributed by atoms with Crippen LogP contribution in [0.5, 0.6) is 0 Å². The molecule has 2 saturated heterocycles. The van der Waals surface area contributed by atoms with Crippen molar-refractivity contribution >= 4 is 5.91 Å². The van der Waals surface area contributed by atoms with Gasteiger partial charge in [0.05, 0.1) is 18.9 Å². The summed E-state index contributed by atoms with van der Waals surface area (Å²) in [5, 5.41) is 0. The number of pyridine rings is 1. The van der Waals surface area contributed by atoms with Crippen LogP contribution in [0.3, 0.4) is 0 Å². The van der Waals surface area contributed by atoms with E-state index in [9.17, 15) is 4.79 Å². The van der Waals surface area contributed by atoms with Crippen molar-refractivity contribution in [2.45, 2.75) is 32.7 Å². The lowest BCUT2D eigenvalue weighted by Crippen LogP contribution is -2.43. The van der Waals surface area contributed by atoms with Crippen LogP contribution in [0.1, 0.15) is 30.7 Å². The lowest BCUT2D eigenvalue weighted by atomic mass is 9.90. The third kappa shape index (κ3) is 3.20. The van der Waals surface area contributed by atoms with E-state index in [0.29, 0.717) is 24.5 Å². The Balaban J connectivity index is 1.29. The molecule has 1 atom stereocenters. The van der Waals surface area contributed by atoms with Gasteiger partial charge in [0.1, 0.15) is 0 Å². The average molecular weight is 329 g/mol. The van der Waals surface area contributed by atoms with Gasteiger partial charge in [0.25, 0.3) is 0 Å². The lowest BCUT2D eigenvalue weighted by molar-refractivity contribution is -0.137. The number of hydrogen-bond donors (Lipinski definition) is 0. The first-order chi connectivity index (χ1) is 11.7. The first kappa shape index (κ1) is 16.0. The Morgan fingerprint density at radius 2 is 2.00 bits per heavy atom. The maximum atomic E-state index is 12.7. The number of amides is 1. The average Bonchev–Trinajstić information content (AvgIpc) is 3.31. The number of carbonyl (C=O) groups is 1. The van der Waals surface area contributed by atoms with E-state index in [1.54, 1.807) is 0 Å². The third-order valence-electron chi connectivity index (χ3n) is 5.99. The van der Waals surface area contributed by atoms with E-state index < -0.39 is 0 Å². The molecule has 130 valence electrons. The molecule has 24 heavy (non-hydrogen) atoms. The standard InChI is InChI=1S/C19H27N3O2/c1-15-3-2-4-16(20-15)14-21-7-5-19(6-8-21)13-17(19)18(23)22-9-11-24-12-10-22/h2-4,17H,5-14H2,1H3. The van der Waals surface area contributed by atoms with Crippen molar-refractivity contribution in [3.05, 3.63) is 29.6 Å². The molecule has 1 aromatic rings. The highest BCUT2D eigenvalue weighted by Crippen LogP contribution is 2.60. The van der Waals surface area contributed by atoms with Crippen LogP contribution in [0.2, 0.25) is 0 Å². The molecule has 1 saturated carbocycles. The summed E-state index contributed by atoms with van der Waals surface area (Å²) in [5.74, 6) is 0.655. The molecule has 1 amide bonds. The van der Waals surface area contributed by atoms with E-state index in [-0.39, 0.29) is 5.92 Å². The number of nitrogens with zero attached hydrogens (tertiary/aromatic N) is 3. The van der Waals surface area contributed by atoms with Gasteiger partial charge in [-0.1, -0.05) is 6.07 Å². The summed E-state index contributed by atoms with van der Waals surface area (Å²) in [6, 6.07) is 6.24. The fourth-order valence-corrected chi connectivity index (χ4v) is 4.33. The van der Waals surface area contributed by atoms with Gasteiger partial charge in [0.2, 0.25) is 5.91 Å². The van der Waals surface area contributed by atoms with Gasteiger partial charge in [-0.05, 0) is 56.8 Å². The molecule has 1 aliphatic carbocycles. The Bertz CT molecular complexity index is 604. The second-order valence-corrected chi connectivity index (χ2v) is 7.60. The summed E-state index contributed by atoms with van der Waals surface area (Å²) < 4.78 is 5.36. The minimum absolute atomic E-state index is 0.273. The van der Waals surface area contributed by atoms with E-state index in [1.807, 2.05) is 17.9 Å². The van der Waals surface area contributed by atoms with Crippen LogP contribution in [-0.2, 0) is 16.1 Å². The second-order valence-electron chi connectivity index (χ2n) is 7.60. The number of rotatable bonds is 3. The Kier molecular flexibility index (Phi) is 4.31. The van der Waals surface area contributed by atoms with Crippen molar-refractivity contribution in [2.24, 2.45) is 11.3 Å². The number of aryl methyl sites for hydroxylation is 1. The van der Waals surface area contributed by atoms with E-state index in [0.717, 1.165) is 63.4 Å². The number of ether oxygens (including phenoxy) is 1. The first-order valence-corrected chi connectivity index (χ1v) is 9.18. The molecule has 3 fully saturated rings. The van der Waals surface area contributed by atoms with Gasteiger partial charge in [-0.25, -0.2) is 0 Å². The van der Waals surface area contributed by atoms with Crippen LogP contribution >= 0.6 is 0 Å². The Hall–Kier alpha value is -1.46. The summed E-state index contributed by atoms with van der Waals surface area (Å²) in [4.78, 5) is 21.8. The topological polar surface area (TPSA) is 45.7 Å². The second kappa shape index (κ2) is 6.45. The molecule has 3 heterocycles. The third-order valence-corrected chi connectivity index (χ3v) is 5.99. The predicted molar refractivity (Wildman–Crippen MR) is 91.4 cm³/mol. The zero-order chi connectivity index (χ0) is 16.6. The Labute approximate surface area is 144 Å². The molecule has 1 aromatic heterocycles. The quantitative estimate of drug-likeness (QED) is 0.849. The van der Waals surface area contributed by atoms with E-state index >= 15 is 0 Å². The maximum Gasteiger partial charge on any atom is 0.226 e. The van der Waals surface area contributed by atoms with Gasteiger partial charge in [0, 0.05) is 31.2 Å². The highest BCUT2D eigenvalue weighted by Gasteiger charge is 2.59. The van der Waals surface area contributed by atoms with Gasteiger partial charge in [-0.15, -0.1) is 0 Å². The Morgan fingerprint density at radius 3 is 2.71 bits per heavy atom. The monoisotopic (exact) mass is 329 g/mol. The summed E-state index contributed by atoms with van der Waals surface area (Å²) in [7, 11) is 0. The van der Waals surface area contributed by atoms with Gasteiger partial charge < -0.3 is 9.64 Å². The summed E-state index contributed by atoms with van der Waals surface area (Å²) >= 11 is 0. The highest BCUT2D eigenvalue weighted by atomic mass is 16.5. The normalized spacial score (nSPS) is 26.5. The number of piperidine rings is 1. The minimum Gasteiger partial charge on any atom is -0.378 e. The zero-order valence-electron chi connectivity index (χ0n) is 14.5. The molecule has 0 aromatic carbocycles. The van der Waals surface area contributed by atoms with Gasteiger partial charge >= 0.3 is 0 Å². The number of morpholine rings is 1. The number of likely N-dealkylation sites (tertiary alicyclic amines) is 1. The van der Waals surface area contributed by atoms with Crippen LogP contribution in [0, 0.1) is 18.3 Å². The minimum atomic E-state index is 0.273. The molecular weight excluding hydrogens is 302 g/mol. The smallest absolute Gasteiger partial charge is 0.226 e. The Morgan fingerprint density at radius 1 is 1.25 bits per heavy atom. The van der Waals surface area contributed by atoms with Crippen LogP contribution in [0.25, 0.3) is 0 Å². The molecule has 1 spiro atoms. The van der Waals surface area contributed by atoms with Crippen LogP contribution in [0.4, 0.5) is 0 Å². The molecule has 4 rings (SSSR count). The molecule has 1 unspecified atom stereocenters. The fraction of sp³-hybridized carbons (Fsp3) is 0.684. The van der Waals surface area contributed by atoms with Crippen molar-refractivity contribution in [2.75, 3.05) is 39.4 Å². The van der Waals surface area contributed by atoms with Crippen molar-refractivity contribution in [1.29, 1.82) is 0 Å². The summed E-state index contributed by atoms with van der Waals surface area (Å²) in [6.07, 6.45) is 3.40. The van der Waals surface area contributed by atoms with Crippen molar-refractivity contribution in [3.63, 3.8) is 0 Å². The van der Waals surface area contributed by atoms with Crippen LogP contribution < -0.4 is 0 Å². The first-order valence-electron chi connectivity index (χ1n) is 9.18. The van der Waals surface area contributed by atoms with Gasteiger partial charge in [-0.2, -0.15) is 0 Å². The number of hydrogen-bond acceptors (Lipinski definition) is 4. The van der Waals surface area contributed by atoms with E-state index in [2.05, 4.69) is 22.0 Å². The largest absolute Gasteiger partial charge is 0.378 e. The highest BCUT2D eigenvalue weighted by molar-refractivity contribution is 5.82. The van der Waals surface area contributed by atoms with Crippen molar-refractivity contribution < 1.29 is 9.53 Å². The molecule has 5 heteroatoms. The van der Waals surface area contributed by atoms with Crippen molar-refractivity contribution in [3.8, 4) is 0 Å². The zero-order valence-corrected chi connectivity index (χ0v) is 14.5. The lowest BCUT2D eigenvalue weighted by Gasteiger charge is -2.33. The van der Waals surface area contributed by atoms with E-state index in [4.69, 9.17) is 4.74 Å². The molecule has 2 aliphatic heterocycles. The molecule has 0 radical (unpaired) electrons. The summed E-state index contributed by atoms with van der Waals surface area (Å²) in [6.45, 7) is 8.09. The predicted octanol–water partition coefficient (Wildman–Crippen LogP) is 1.85. The molecule has 5 nitrogen and oxygen atoms in total. The molecule has 0 bridgehead atoms. The SMILES string of the molecule is Cc1cccc(CN2CCC3(CC2)CC3C(=O)N2CCOCC2)n1. The van der Waals surface area contributed by atoms with Crippen LogP contribution in [0.15, 0.2) is 18.2 Å². The maximum absolute atomic E-state index is 12.7. The summed E-state index contributed by atoms with van der Waals surface area (Å²) in [5.41, 5.74) is 2.54. The molecule has 3 aliphatic rings. The molecular formula is C19H27N3O2.